The van der Waals surface area contributed by atoms with Gasteiger partial charge in [-0.25, -0.2) is 4.79 Å². The third-order valence-corrected chi connectivity index (χ3v) is 22.8. The summed E-state index contributed by atoms with van der Waals surface area (Å²) in [5.74, 6) is -21.1. The summed E-state index contributed by atoms with van der Waals surface area (Å²) in [4.78, 5) is 266. The molecule has 0 aromatic rings. The van der Waals surface area contributed by atoms with Crippen molar-refractivity contribution in [3.8, 4) is 0 Å². The Hall–Kier alpha value is -12.9. The zero-order chi connectivity index (χ0) is 105. The molecule has 0 aromatic heterocycles. The number of nitrogens with one attached hydrogen (secondary N) is 24. The maximum absolute atomic E-state index is 15.2. The van der Waals surface area contributed by atoms with Crippen molar-refractivity contribution < 1.29 is 101 Å². The molecule has 0 bridgehead atoms. The van der Waals surface area contributed by atoms with Gasteiger partial charge in [-0.15, -0.1) is 0 Å². The molecule has 1 heterocycles. The number of carbonyl (C=O) groups is 19. The standard InChI is InChI=1S/C87H155N29O21S/c1-15-49(8)66(114-73(128)55(28-24-38-100-84(93)94)105-69(124)53(26-22-36-98-82(89)90)104-64(119)32-40-97-52(11)117)78(133)116-87(13)35-21-19-17-16-18-20-34-86(12,115-77(132)61(44-48(6)7)112-75(130)60(43-47(4)5)111-72(127)57(33-41-138-14)113-81(87)137)80(136)103-51(10)67(122)102-50(9)68(123)109-62(45-63(88)118)76(131)106-54(27-23-37-99-83(91)92)70(125)110-59(42-46(2)3)74(129)107-56(30-31-65(120)121)71(126)108-58(79(134)135)29-25-39-101-85(95)96/h16-17,46-51,53-62,66H,15,18-45H2,1-14H3,(H2,88,118)(H,97,117)(H,102,122)(H,103,136)(H,104,119)(H,105,124)(H,106,131)(H,107,129)(H,108,126)(H,109,123)(H,110,125)(H,111,127)(H,112,130)(H,113,137)(H,114,128)(H,115,132)(H,116,133)(H,120,121)(H,134,135)(H4,89,90,98)(H4,91,92,99)(H4,93,94,100)(H4,95,96,101)/b17-16+/t49-,50-,51-,53-,54-,55-,56-,57-,58-,59-,60-,61-,62-,66-,86+,87+/m0/s1. The van der Waals surface area contributed by atoms with E-state index in [0.717, 1.165) is 0 Å². The second kappa shape index (κ2) is 64.2. The molecule has 780 valence electrons. The Balaban J connectivity index is 3.95. The number of guanidine groups is 4. The lowest BCUT2D eigenvalue weighted by molar-refractivity contribution is -0.143. The number of allylic oxidation sites excluding steroid dienone is 2. The molecule has 0 aliphatic carbocycles. The average molecular weight is 1980 g/mol. The first kappa shape index (κ1) is 123. The van der Waals surface area contributed by atoms with Crippen molar-refractivity contribution in [3.05, 3.63) is 12.2 Å². The lowest BCUT2D eigenvalue weighted by Crippen LogP contribution is -2.65. The molecule has 51 heteroatoms. The summed E-state index contributed by atoms with van der Waals surface area (Å²) in [5, 5.41) is 102. The third kappa shape index (κ3) is 50.3. The molecular weight excluding hydrogens is 1820 g/mol. The van der Waals surface area contributed by atoms with Crippen LogP contribution in [-0.4, -0.2) is 281 Å². The minimum atomic E-state index is -1.90. The highest BCUT2D eigenvalue weighted by atomic mass is 32.2. The van der Waals surface area contributed by atoms with E-state index in [0.29, 0.717) is 5.75 Å². The number of nitrogens with two attached hydrogens (primary N) is 5. The molecule has 0 aromatic carbocycles. The van der Waals surface area contributed by atoms with E-state index >= 15 is 9.59 Å². The molecule has 0 saturated carbocycles. The van der Waals surface area contributed by atoms with Crippen molar-refractivity contribution in [1.29, 1.82) is 21.6 Å². The van der Waals surface area contributed by atoms with Gasteiger partial charge in [0.2, 0.25) is 100 Å². The first-order valence-electron chi connectivity index (χ1n) is 46.6. The predicted octanol–water partition coefficient (Wildman–Crippen LogP) is -4.67. The quantitative estimate of drug-likeness (QED) is 0.0118. The van der Waals surface area contributed by atoms with Crippen molar-refractivity contribution in [1.82, 2.24) is 106 Å². The van der Waals surface area contributed by atoms with E-state index in [2.05, 4.69) is 106 Å². The first-order chi connectivity index (χ1) is 64.6. The SMILES string of the molecule is CC[C@H](C)[C@H](NC(=O)[C@H](CCCNC(=N)N)NC(=O)[C@H](CCCNC(=N)N)NC(=O)CCNC(C)=O)C(=O)N[C@]1(C)CCC/C=C/CCC[C@](C)(C(=O)N[C@@H](C)C(=O)N[C@@H](C)C(=O)N[C@@H](CC(N)=O)C(=O)N[C@@H](CCCNC(=N)N)C(=O)N[C@@H](CC(C)C)C(=O)N[C@@H](CCC(=O)O)C(=O)N[C@@H](CCCNC(=N)N)C(=O)O)NC(=O)[C@H](CC(C)C)NC(=O)[C@H](CC(C)C)NC(=O)[C@H](CCSC)NC1=O. The number of aliphatic carboxylic acids is 2. The lowest BCUT2D eigenvalue weighted by atomic mass is 9.90. The predicted molar refractivity (Wildman–Crippen MR) is 515 cm³/mol. The van der Waals surface area contributed by atoms with E-state index in [-0.39, 0.29) is 191 Å². The van der Waals surface area contributed by atoms with Crippen molar-refractivity contribution in [2.24, 2.45) is 52.3 Å². The van der Waals surface area contributed by atoms with Crippen LogP contribution in [0.15, 0.2) is 12.2 Å². The maximum atomic E-state index is 15.2. The summed E-state index contributed by atoms with van der Waals surface area (Å²) in [7, 11) is 0. The molecule has 0 saturated heterocycles. The molecule has 1 aliphatic heterocycles. The Kier molecular flexibility index (Phi) is 57.3. The van der Waals surface area contributed by atoms with Crippen molar-refractivity contribution in [2.45, 2.75) is 327 Å². The molecule has 16 atom stereocenters. The smallest absolute Gasteiger partial charge is 0.326 e. The molecule has 138 heavy (non-hydrogen) atoms. The van der Waals surface area contributed by atoms with Crippen LogP contribution in [-0.2, 0) is 91.1 Å². The molecular formula is C87H155N29O21S. The maximum Gasteiger partial charge on any atom is 0.326 e. The molecule has 50 nitrogen and oxygen atoms in total. The molecule has 36 N–H and O–H groups in total. The van der Waals surface area contributed by atoms with Crippen LogP contribution in [0.4, 0.5) is 0 Å². The number of carboxylic acid groups (broad SMARTS) is 2. The number of hydrogen-bond donors (Lipinski definition) is 31. The third-order valence-electron chi connectivity index (χ3n) is 22.1. The average Bonchev–Trinajstić information content (AvgIpc) is 0.831. The van der Waals surface area contributed by atoms with Gasteiger partial charge in [0.1, 0.15) is 89.6 Å². The van der Waals surface area contributed by atoms with Gasteiger partial charge in [-0.2, -0.15) is 11.8 Å². The Morgan fingerprint density at radius 1 is 0.464 bits per heavy atom. The first-order valence-corrected chi connectivity index (χ1v) is 48.0. The van der Waals surface area contributed by atoms with Gasteiger partial charge in [-0.1, -0.05) is 74.0 Å². The van der Waals surface area contributed by atoms with Crippen LogP contribution >= 0.6 is 11.8 Å². The topological polar surface area (TPSA) is 831 Å². The summed E-state index contributed by atoms with van der Waals surface area (Å²) in [6.07, 6.45) is 3.54. The van der Waals surface area contributed by atoms with E-state index in [1.165, 1.54) is 46.4 Å². The zero-order valence-corrected chi connectivity index (χ0v) is 82.7. The van der Waals surface area contributed by atoms with Crippen LogP contribution in [0.5, 0.6) is 0 Å². The summed E-state index contributed by atoms with van der Waals surface area (Å²) in [6, 6.07) is -19.6. The highest BCUT2D eigenvalue weighted by molar-refractivity contribution is 7.98. The Bertz CT molecular complexity index is 4180. The summed E-state index contributed by atoms with van der Waals surface area (Å²) < 4.78 is 0. The van der Waals surface area contributed by atoms with Crippen molar-refractivity contribution in [3.63, 3.8) is 0 Å². The van der Waals surface area contributed by atoms with Gasteiger partial charge in [-0.05, 0) is 185 Å². The van der Waals surface area contributed by atoms with E-state index in [1.807, 2.05) is 0 Å². The number of amides is 17. The molecule has 1 aliphatic rings. The molecule has 1 rings (SSSR count). The van der Waals surface area contributed by atoms with Crippen LogP contribution in [0.2, 0.25) is 0 Å². The monoisotopic (exact) mass is 1970 g/mol. The fourth-order valence-corrected chi connectivity index (χ4v) is 14.7. The van der Waals surface area contributed by atoms with Crippen LogP contribution in [0.3, 0.4) is 0 Å². The summed E-state index contributed by atoms with van der Waals surface area (Å²) in [5.41, 5.74) is 23.6. The Morgan fingerprint density at radius 2 is 0.870 bits per heavy atom. The minimum absolute atomic E-state index is 0.000425. The van der Waals surface area contributed by atoms with E-state index < -0.39 is 239 Å². The van der Waals surface area contributed by atoms with Crippen molar-refractivity contribution >= 4 is 148 Å². The van der Waals surface area contributed by atoms with Gasteiger partial charge in [0.25, 0.3) is 0 Å². The van der Waals surface area contributed by atoms with Gasteiger partial charge >= 0.3 is 11.9 Å². The second-order valence-corrected chi connectivity index (χ2v) is 37.1. The van der Waals surface area contributed by atoms with Crippen LogP contribution in [0.1, 0.15) is 238 Å². The van der Waals surface area contributed by atoms with Crippen LogP contribution in [0.25, 0.3) is 0 Å². The number of thioether (sulfide) groups is 1. The number of hydrogen-bond acceptors (Lipinski definition) is 24. The molecule has 0 unspecified atom stereocenters. The van der Waals surface area contributed by atoms with Gasteiger partial charge in [0, 0.05) is 52.5 Å². The number of rotatable bonds is 57. The number of carboxylic acids is 2. The lowest BCUT2D eigenvalue weighted by Gasteiger charge is -2.35. The van der Waals surface area contributed by atoms with E-state index in [1.54, 1.807) is 73.8 Å². The normalized spacial score (nSPS) is 19.3. The molecule has 0 radical (unpaired) electrons. The van der Waals surface area contributed by atoms with Gasteiger partial charge in [-0.3, -0.25) is 108 Å². The molecule has 0 spiro atoms. The number of carbonyl (C=O) groups excluding carboxylic acids is 17. The highest BCUT2D eigenvalue weighted by Gasteiger charge is 2.44. The summed E-state index contributed by atoms with van der Waals surface area (Å²) in [6.45, 7) is 20.6. The highest BCUT2D eigenvalue weighted by Crippen LogP contribution is 2.23. The van der Waals surface area contributed by atoms with Gasteiger partial charge in [0.05, 0.1) is 6.42 Å². The van der Waals surface area contributed by atoms with Gasteiger partial charge in [0.15, 0.2) is 23.8 Å². The minimum Gasteiger partial charge on any atom is -0.481 e. The number of primary amides is 1. The van der Waals surface area contributed by atoms with E-state index in [4.69, 9.17) is 50.3 Å². The zero-order valence-electron chi connectivity index (χ0n) is 81.9. The molecule has 0 fully saturated rings. The Morgan fingerprint density at radius 3 is 1.31 bits per heavy atom. The van der Waals surface area contributed by atoms with Crippen LogP contribution in [0, 0.1) is 45.3 Å². The largest absolute Gasteiger partial charge is 0.481 e. The van der Waals surface area contributed by atoms with Crippen LogP contribution < -0.4 is 135 Å². The van der Waals surface area contributed by atoms with Gasteiger partial charge < -0.3 is 145 Å². The fourth-order valence-electron chi connectivity index (χ4n) is 14.2. The van der Waals surface area contributed by atoms with E-state index in [9.17, 15) is 91.7 Å². The second-order valence-electron chi connectivity index (χ2n) is 36.1. The Labute approximate surface area is 810 Å². The molecule has 17 amide bonds. The fraction of sp³-hybridized carbons (Fsp3) is 0.713. The van der Waals surface area contributed by atoms with Crippen molar-refractivity contribution in [2.75, 3.05) is 44.7 Å². The summed E-state index contributed by atoms with van der Waals surface area (Å²) >= 11 is 1.35.